The molecule has 0 spiro atoms. The third-order valence-electron chi connectivity index (χ3n) is 4.81. The van der Waals surface area contributed by atoms with Crippen molar-refractivity contribution in [1.29, 1.82) is 0 Å². The third-order valence-corrected chi connectivity index (χ3v) is 5.02. The molecule has 0 aromatic carbocycles. The van der Waals surface area contributed by atoms with Gasteiger partial charge in [0.1, 0.15) is 5.15 Å². The van der Waals surface area contributed by atoms with E-state index in [2.05, 4.69) is 16.8 Å². The van der Waals surface area contributed by atoms with E-state index in [-0.39, 0.29) is 11.8 Å². The van der Waals surface area contributed by atoms with Crippen molar-refractivity contribution < 1.29 is 9.47 Å². The topological polar surface area (TPSA) is 52.4 Å². The van der Waals surface area contributed by atoms with Crippen molar-refractivity contribution in [3.05, 3.63) is 17.4 Å². The van der Waals surface area contributed by atoms with Gasteiger partial charge in [0.15, 0.2) is 12.0 Å². The molecule has 4 rings (SSSR count). The molecule has 0 amide bonds. The van der Waals surface area contributed by atoms with Gasteiger partial charge in [-0.3, -0.25) is 0 Å². The van der Waals surface area contributed by atoms with Gasteiger partial charge in [-0.1, -0.05) is 11.6 Å². The van der Waals surface area contributed by atoms with Crippen molar-refractivity contribution in [3.8, 4) is 0 Å². The minimum atomic E-state index is -0.0999. The van der Waals surface area contributed by atoms with Crippen molar-refractivity contribution >= 4 is 28.3 Å². The molecule has 7 heteroatoms. The monoisotopic (exact) mass is 336 g/mol. The molecule has 2 aromatic rings. The van der Waals surface area contributed by atoms with E-state index in [1.807, 2.05) is 16.9 Å². The Morgan fingerprint density at radius 2 is 2.22 bits per heavy atom. The zero-order valence-corrected chi connectivity index (χ0v) is 14.2. The van der Waals surface area contributed by atoms with Gasteiger partial charge in [-0.15, -0.1) is 0 Å². The highest BCUT2D eigenvalue weighted by Gasteiger charge is 2.41. The number of aromatic nitrogens is 3. The zero-order valence-electron chi connectivity index (χ0n) is 13.5. The highest BCUT2D eigenvalue weighted by atomic mass is 35.5. The highest BCUT2D eigenvalue weighted by Crippen LogP contribution is 2.36. The summed E-state index contributed by atoms with van der Waals surface area (Å²) in [5.41, 5.74) is 0.884. The molecule has 2 aliphatic rings. The van der Waals surface area contributed by atoms with Crippen molar-refractivity contribution in [2.45, 2.75) is 38.0 Å². The Labute approximate surface area is 140 Å². The summed E-state index contributed by atoms with van der Waals surface area (Å²) in [5.74, 6) is 0.938. The highest BCUT2D eigenvalue weighted by molar-refractivity contribution is 6.30. The number of nitrogens with zero attached hydrogens (tertiary/aromatic N) is 4. The SMILES string of the molecule is COC1(C)CN(c2nn(C3CCCCO3)c3cc(Cl)ncc23)C1. The molecule has 0 N–H and O–H groups in total. The number of ether oxygens (including phenoxy) is 2. The van der Waals surface area contributed by atoms with Crippen LogP contribution in [0.2, 0.25) is 5.15 Å². The summed E-state index contributed by atoms with van der Waals surface area (Å²) in [6.07, 6.45) is 5.04. The quantitative estimate of drug-likeness (QED) is 0.806. The van der Waals surface area contributed by atoms with Gasteiger partial charge in [0, 0.05) is 26.0 Å². The van der Waals surface area contributed by atoms with Crippen LogP contribution in [-0.4, -0.2) is 47.2 Å². The summed E-state index contributed by atoms with van der Waals surface area (Å²) in [5, 5.41) is 6.33. The Hall–Kier alpha value is -1.37. The molecule has 0 radical (unpaired) electrons. The van der Waals surface area contributed by atoms with Crippen LogP contribution in [-0.2, 0) is 9.47 Å². The van der Waals surface area contributed by atoms with E-state index in [4.69, 9.17) is 26.2 Å². The Kier molecular flexibility index (Phi) is 3.70. The van der Waals surface area contributed by atoms with Crippen LogP contribution >= 0.6 is 11.6 Å². The fourth-order valence-corrected chi connectivity index (χ4v) is 3.55. The van der Waals surface area contributed by atoms with Gasteiger partial charge in [0.2, 0.25) is 0 Å². The third kappa shape index (κ3) is 2.58. The van der Waals surface area contributed by atoms with E-state index in [0.29, 0.717) is 5.15 Å². The number of methoxy groups -OCH3 is 1. The van der Waals surface area contributed by atoms with E-state index in [9.17, 15) is 0 Å². The summed E-state index contributed by atoms with van der Waals surface area (Å²) in [7, 11) is 1.76. The minimum absolute atomic E-state index is 0.0199. The Balaban J connectivity index is 1.73. The molecule has 2 aromatic heterocycles. The first-order chi connectivity index (χ1) is 11.1. The molecular weight excluding hydrogens is 316 g/mol. The van der Waals surface area contributed by atoms with E-state index < -0.39 is 0 Å². The average molecular weight is 337 g/mol. The molecule has 2 aliphatic heterocycles. The van der Waals surface area contributed by atoms with E-state index in [0.717, 1.165) is 55.7 Å². The first-order valence-corrected chi connectivity index (χ1v) is 8.43. The van der Waals surface area contributed by atoms with Gasteiger partial charge < -0.3 is 14.4 Å². The molecule has 1 atom stereocenters. The first-order valence-electron chi connectivity index (χ1n) is 8.05. The van der Waals surface area contributed by atoms with E-state index in [1.165, 1.54) is 0 Å². The number of pyridine rings is 1. The summed E-state index contributed by atoms with van der Waals surface area (Å²) in [6.45, 7) is 4.54. The van der Waals surface area contributed by atoms with Crippen molar-refractivity contribution in [2.75, 3.05) is 31.7 Å². The maximum Gasteiger partial charge on any atom is 0.160 e. The minimum Gasteiger partial charge on any atom is -0.375 e. The van der Waals surface area contributed by atoms with Crippen LogP contribution in [0, 0.1) is 0 Å². The molecule has 0 bridgehead atoms. The number of hydrogen-bond acceptors (Lipinski definition) is 5. The van der Waals surface area contributed by atoms with Crippen LogP contribution in [0.5, 0.6) is 0 Å². The van der Waals surface area contributed by atoms with Gasteiger partial charge in [0.25, 0.3) is 0 Å². The van der Waals surface area contributed by atoms with Crippen LogP contribution in [0.3, 0.4) is 0 Å². The molecular formula is C16H21ClN4O2. The fourth-order valence-electron chi connectivity index (χ4n) is 3.40. The van der Waals surface area contributed by atoms with Crippen LogP contribution in [0.4, 0.5) is 5.82 Å². The molecule has 4 heterocycles. The van der Waals surface area contributed by atoms with Crippen molar-refractivity contribution in [2.24, 2.45) is 0 Å². The second-order valence-corrected chi connectivity index (χ2v) is 7.01. The lowest BCUT2D eigenvalue weighted by molar-refractivity contribution is -0.0371. The summed E-state index contributed by atoms with van der Waals surface area (Å²) in [4.78, 5) is 6.46. The second kappa shape index (κ2) is 5.61. The molecule has 2 fully saturated rings. The van der Waals surface area contributed by atoms with Crippen molar-refractivity contribution in [3.63, 3.8) is 0 Å². The van der Waals surface area contributed by atoms with E-state index >= 15 is 0 Å². The van der Waals surface area contributed by atoms with E-state index in [1.54, 1.807) is 7.11 Å². The molecule has 23 heavy (non-hydrogen) atoms. The second-order valence-electron chi connectivity index (χ2n) is 6.62. The Morgan fingerprint density at radius 1 is 1.39 bits per heavy atom. The number of hydrogen-bond donors (Lipinski definition) is 0. The van der Waals surface area contributed by atoms with Gasteiger partial charge in [-0.2, -0.15) is 5.10 Å². The maximum absolute atomic E-state index is 6.11. The van der Waals surface area contributed by atoms with Crippen LogP contribution in [0.25, 0.3) is 10.9 Å². The number of fused-ring (bicyclic) bond motifs is 1. The smallest absolute Gasteiger partial charge is 0.160 e. The van der Waals surface area contributed by atoms with Gasteiger partial charge in [0.05, 0.1) is 29.6 Å². The largest absolute Gasteiger partial charge is 0.375 e. The maximum atomic E-state index is 6.11. The first kappa shape index (κ1) is 15.2. The predicted octanol–water partition coefficient (Wildman–Crippen LogP) is 3.01. The molecule has 0 aliphatic carbocycles. The molecule has 6 nitrogen and oxygen atoms in total. The Morgan fingerprint density at radius 3 is 2.91 bits per heavy atom. The molecule has 0 saturated carbocycles. The van der Waals surface area contributed by atoms with Crippen LogP contribution in [0.1, 0.15) is 32.4 Å². The van der Waals surface area contributed by atoms with Gasteiger partial charge >= 0.3 is 0 Å². The molecule has 124 valence electrons. The van der Waals surface area contributed by atoms with Crippen LogP contribution < -0.4 is 4.90 Å². The number of anilines is 1. The summed E-state index contributed by atoms with van der Waals surface area (Å²) >= 11 is 6.11. The lowest BCUT2D eigenvalue weighted by Crippen LogP contribution is -2.61. The molecule has 2 saturated heterocycles. The summed E-state index contributed by atoms with van der Waals surface area (Å²) in [6, 6.07) is 1.88. The van der Waals surface area contributed by atoms with Crippen LogP contribution in [0.15, 0.2) is 12.3 Å². The van der Waals surface area contributed by atoms with Gasteiger partial charge in [-0.25, -0.2) is 9.67 Å². The number of halogens is 1. The normalized spacial score (nSPS) is 24.0. The predicted molar refractivity (Wildman–Crippen MR) is 89.0 cm³/mol. The lowest BCUT2D eigenvalue weighted by Gasteiger charge is -2.47. The fraction of sp³-hybridized carbons (Fsp3) is 0.625. The Bertz CT molecular complexity index is 720. The van der Waals surface area contributed by atoms with Crippen molar-refractivity contribution in [1.82, 2.24) is 14.8 Å². The average Bonchev–Trinajstić information content (AvgIpc) is 2.91. The molecule has 1 unspecified atom stereocenters. The standard InChI is InChI=1S/C16H21ClN4O2/c1-16(22-2)9-20(10-16)15-11-8-18-13(17)7-12(11)21(19-15)14-5-3-4-6-23-14/h7-8,14H,3-6,9-10H2,1-2H3. The van der Waals surface area contributed by atoms with Gasteiger partial charge in [-0.05, 0) is 26.2 Å². The number of rotatable bonds is 3. The summed E-state index contributed by atoms with van der Waals surface area (Å²) < 4.78 is 13.4. The lowest BCUT2D eigenvalue weighted by atomic mass is 9.96. The zero-order chi connectivity index (χ0) is 16.0.